The van der Waals surface area contributed by atoms with Crippen molar-refractivity contribution in [3.8, 4) is 0 Å². The molecule has 0 unspecified atom stereocenters. The van der Waals surface area contributed by atoms with Crippen LogP contribution in [0.4, 0.5) is 0 Å². The first-order valence-electron chi connectivity index (χ1n) is 5.02. The van der Waals surface area contributed by atoms with Crippen LogP contribution in [0.5, 0.6) is 0 Å². The highest BCUT2D eigenvalue weighted by molar-refractivity contribution is 5.91. The van der Waals surface area contributed by atoms with Gasteiger partial charge >= 0.3 is 5.97 Å². The van der Waals surface area contributed by atoms with E-state index < -0.39 is 5.97 Å². The summed E-state index contributed by atoms with van der Waals surface area (Å²) in [4.78, 5) is 21.9. The van der Waals surface area contributed by atoms with Gasteiger partial charge in [0.25, 0.3) is 5.91 Å². The molecule has 94 valence electrons. The molecule has 1 rings (SSSR count). The van der Waals surface area contributed by atoms with Crippen LogP contribution < -0.4 is 5.32 Å². The van der Waals surface area contributed by atoms with Crippen molar-refractivity contribution in [2.75, 3.05) is 20.3 Å². The van der Waals surface area contributed by atoms with Crippen molar-refractivity contribution in [1.82, 2.24) is 20.3 Å². The number of nitrogens with zero attached hydrogens (tertiary/aromatic N) is 3. The van der Waals surface area contributed by atoms with E-state index in [1.807, 2.05) is 0 Å². The number of ether oxygens (including phenoxy) is 1. The predicted molar refractivity (Wildman–Crippen MR) is 56.5 cm³/mol. The van der Waals surface area contributed by atoms with Gasteiger partial charge in [0.2, 0.25) is 0 Å². The van der Waals surface area contributed by atoms with Gasteiger partial charge in [-0.2, -0.15) is 0 Å². The first-order valence-corrected chi connectivity index (χ1v) is 5.02. The minimum atomic E-state index is -1.04. The van der Waals surface area contributed by atoms with E-state index in [0.717, 1.165) is 4.68 Å². The lowest BCUT2D eigenvalue weighted by atomic mass is 10.4. The van der Waals surface area contributed by atoms with Crippen molar-refractivity contribution in [3.05, 3.63) is 11.9 Å². The largest absolute Gasteiger partial charge is 0.480 e. The number of methoxy groups -OCH3 is 1. The maximum atomic E-state index is 11.5. The van der Waals surface area contributed by atoms with E-state index in [1.54, 1.807) is 7.11 Å². The molecule has 0 atom stereocenters. The molecule has 0 radical (unpaired) electrons. The van der Waals surface area contributed by atoms with Gasteiger partial charge in [-0.1, -0.05) is 5.21 Å². The van der Waals surface area contributed by atoms with E-state index in [9.17, 15) is 9.59 Å². The van der Waals surface area contributed by atoms with Crippen LogP contribution in [0.1, 0.15) is 16.9 Å². The van der Waals surface area contributed by atoms with E-state index in [4.69, 9.17) is 9.84 Å². The first-order chi connectivity index (χ1) is 8.13. The van der Waals surface area contributed by atoms with Crippen LogP contribution in [0.2, 0.25) is 0 Å². The van der Waals surface area contributed by atoms with Crippen LogP contribution in [-0.2, 0) is 16.1 Å². The normalized spacial score (nSPS) is 10.2. The molecule has 1 heterocycles. The molecule has 0 fully saturated rings. The molecule has 17 heavy (non-hydrogen) atoms. The van der Waals surface area contributed by atoms with E-state index >= 15 is 0 Å². The van der Waals surface area contributed by atoms with Crippen molar-refractivity contribution in [3.63, 3.8) is 0 Å². The fourth-order valence-electron chi connectivity index (χ4n) is 1.13. The average molecular weight is 242 g/mol. The van der Waals surface area contributed by atoms with Crippen LogP contribution in [0.25, 0.3) is 0 Å². The van der Waals surface area contributed by atoms with Gasteiger partial charge in [0.15, 0.2) is 5.69 Å². The summed E-state index contributed by atoms with van der Waals surface area (Å²) >= 11 is 0. The zero-order chi connectivity index (χ0) is 12.7. The van der Waals surface area contributed by atoms with Gasteiger partial charge in [-0.15, -0.1) is 5.10 Å². The molecule has 0 aromatic carbocycles. The molecule has 0 saturated heterocycles. The van der Waals surface area contributed by atoms with E-state index in [1.165, 1.54) is 6.20 Å². The number of hydrogen-bond donors (Lipinski definition) is 2. The second-order valence-corrected chi connectivity index (χ2v) is 3.30. The summed E-state index contributed by atoms with van der Waals surface area (Å²) in [5.41, 5.74) is 0.101. The number of nitrogens with one attached hydrogen (secondary N) is 1. The Bertz CT molecular complexity index is 390. The minimum absolute atomic E-state index is 0.101. The lowest BCUT2D eigenvalue weighted by Crippen LogP contribution is -2.25. The topological polar surface area (TPSA) is 106 Å². The van der Waals surface area contributed by atoms with Crippen LogP contribution in [0.15, 0.2) is 6.20 Å². The number of hydrogen-bond acceptors (Lipinski definition) is 5. The first kappa shape index (κ1) is 13.1. The number of amides is 1. The zero-order valence-corrected chi connectivity index (χ0v) is 9.42. The molecule has 1 amide bonds. The Labute approximate surface area is 97.6 Å². The van der Waals surface area contributed by atoms with Gasteiger partial charge in [-0.3, -0.25) is 9.59 Å². The third-order valence-corrected chi connectivity index (χ3v) is 1.88. The van der Waals surface area contributed by atoms with Crippen LogP contribution >= 0.6 is 0 Å². The second kappa shape index (κ2) is 6.59. The minimum Gasteiger partial charge on any atom is -0.480 e. The van der Waals surface area contributed by atoms with Gasteiger partial charge in [0.1, 0.15) is 6.54 Å². The van der Waals surface area contributed by atoms with E-state index in [2.05, 4.69) is 15.6 Å². The number of carboxylic acids is 1. The van der Waals surface area contributed by atoms with E-state index in [0.29, 0.717) is 19.6 Å². The predicted octanol–water partition coefficient (Wildman–Crippen LogP) is -0.871. The van der Waals surface area contributed by atoms with Gasteiger partial charge in [-0.25, -0.2) is 4.68 Å². The van der Waals surface area contributed by atoms with Crippen LogP contribution in [0.3, 0.4) is 0 Å². The molecule has 1 aromatic rings. The van der Waals surface area contributed by atoms with Crippen molar-refractivity contribution in [2.24, 2.45) is 0 Å². The Morgan fingerprint density at radius 3 is 3.00 bits per heavy atom. The quantitative estimate of drug-likeness (QED) is 0.602. The number of carbonyl (C=O) groups excluding carboxylic acids is 1. The fourth-order valence-corrected chi connectivity index (χ4v) is 1.13. The molecular formula is C9H14N4O4. The third-order valence-electron chi connectivity index (χ3n) is 1.88. The molecule has 2 N–H and O–H groups in total. The molecule has 0 aliphatic heterocycles. The Balaban J connectivity index is 2.41. The number of aromatic nitrogens is 3. The van der Waals surface area contributed by atoms with E-state index in [-0.39, 0.29) is 18.1 Å². The highest BCUT2D eigenvalue weighted by Gasteiger charge is 2.11. The summed E-state index contributed by atoms with van der Waals surface area (Å²) in [7, 11) is 1.58. The number of rotatable bonds is 7. The van der Waals surface area contributed by atoms with Crippen LogP contribution in [0, 0.1) is 0 Å². The summed E-state index contributed by atoms with van der Waals surface area (Å²) in [6.07, 6.45) is 1.99. The Hall–Kier alpha value is -1.96. The molecule has 8 nitrogen and oxygen atoms in total. The number of carboxylic acid groups (broad SMARTS) is 1. The zero-order valence-electron chi connectivity index (χ0n) is 9.42. The molecule has 0 bridgehead atoms. The Morgan fingerprint density at radius 2 is 2.35 bits per heavy atom. The molecule has 0 aliphatic carbocycles. The Morgan fingerprint density at radius 1 is 1.59 bits per heavy atom. The third kappa shape index (κ3) is 4.60. The Kier molecular flexibility index (Phi) is 5.08. The van der Waals surface area contributed by atoms with Crippen molar-refractivity contribution in [2.45, 2.75) is 13.0 Å². The average Bonchev–Trinajstić information content (AvgIpc) is 2.71. The highest BCUT2D eigenvalue weighted by atomic mass is 16.5. The number of aliphatic carboxylic acids is 1. The molecule has 1 aromatic heterocycles. The molecular weight excluding hydrogens is 228 g/mol. The van der Waals surface area contributed by atoms with Gasteiger partial charge in [0, 0.05) is 20.3 Å². The standard InChI is InChI=1S/C9H14N4O4/c1-17-4-2-3-10-9(16)7-5-13(12-11-7)6-8(14)15/h5H,2-4,6H2,1H3,(H,10,16)(H,14,15). The summed E-state index contributed by atoms with van der Waals surface area (Å²) in [5.74, 6) is -1.42. The lowest BCUT2D eigenvalue weighted by molar-refractivity contribution is -0.137. The molecule has 0 saturated carbocycles. The van der Waals surface area contributed by atoms with Gasteiger partial charge in [0.05, 0.1) is 6.20 Å². The van der Waals surface area contributed by atoms with Gasteiger partial charge in [-0.05, 0) is 6.42 Å². The summed E-state index contributed by atoms with van der Waals surface area (Å²) in [6.45, 7) is 0.717. The smallest absolute Gasteiger partial charge is 0.325 e. The van der Waals surface area contributed by atoms with Crippen LogP contribution in [-0.4, -0.2) is 52.2 Å². The SMILES string of the molecule is COCCCNC(=O)c1cn(CC(=O)O)nn1. The highest BCUT2D eigenvalue weighted by Crippen LogP contribution is 1.93. The maximum absolute atomic E-state index is 11.5. The van der Waals surface area contributed by atoms with Gasteiger partial charge < -0.3 is 15.2 Å². The molecule has 0 spiro atoms. The van der Waals surface area contributed by atoms with Crippen molar-refractivity contribution in [1.29, 1.82) is 0 Å². The van der Waals surface area contributed by atoms with Crippen molar-refractivity contribution >= 4 is 11.9 Å². The second-order valence-electron chi connectivity index (χ2n) is 3.30. The van der Waals surface area contributed by atoms with Crippen molar-refractivity contribution < 1.29 is 19.4 Å². The maximum Gasteiger partial charge on any atom is 0.325 e. The molecule has 0 aliphatic rings. The molecule has 8 heteroatoms. The summed E-state index contributed by atoms with van der Waals surface area (Å²) < 4.78 is 5.92. The monoisotopic (exact) mass is 242 g/mol. The lowest BCUT2D eigenvalue weighted by Gasteiger charge is -2.01. The fraction of sp³-hybridized carbons (Fsp3) is 0.556. The summed E-state index contributed by atoms with van der Waals surface area (Å²) in [5, 5.41) is 18.2. The number of carbonyl (C=O) groups is 2. The summed E-state index contributed by atoms with van der Waals surface area (Å²) in [6, 6.07) is 0.